The first-order valence-corrected chi connectivity index (χ1v) is 9.38. The molecule has 2 aliphatic heterocycles. The number of amides is 1. The highest BCUT2D eigenvalue weighted by molar-refractivity contribution is 5.70. The predicted molar refractivity (Wildman–Crippen MR) is 102 cm³/mol. The fourth-order valence-electron chi connectivity index (χ4n) is 4.02. The first-order chi connectivity index (χ1) is 13.3. The zero-order valence-electron chi connectivity index (χ0n) is 15.0. The van der Waals surface area contributed by atoms with Crippen molar-refractivity contribution in [3.05, 3.63) is 48.7 Å². The second-order valence-corrected chi connectivity index (χ2v) is 6.99. The molecule has 1 aromatic carbocycles. The van der Waals surface area contributed by atoms with Gasteiger partial charge in [0, 0.05) is 36.8 Å². The fourth-order valence-corrected chi connectivity index (χ4v) is 4.02. The van der Waals surface area contributed by atoms with Crippen molar-refractivity contribution in [1.29, 1.82) is 0 Å². The molecule has 0 radical (unpaired) electrons. The van der Waals surface area contributed by atoms with Crippen molar-refractivity contribution < 1.29 is 9.53 Å². The lowest BCUT2D eigenvalue weighted by atomic mass is 10.0. The predicted octanol–water partition coefficient (Wildman–Crippen LogP) is 2.82. The highest BCUT2D eigenvalue weighted by atomic mass is 16.6. The molecule has 0 spiro atoms. The molecular weight excluding hydrogens is 342 g/mol. The van der Waals surface area contributed by atoms with Gasteiger partial charge in [-0.25, -0.2) is 9.78 Å². The Labute approximate surface area is 157 Å². The van der Waals surface area contributed by atoms with Crippen LogP contribution in [0.2, 0.25) is 0 Å². The highest BCUT2D eigenvalue weighted by Crippen LogP contribution is 2.28. The van der Waals surface area contributed by atoms with E-state index in [1.54, 1.807) is 6.20 Å². The monoisotopic (exact) mass is 363 g/mol. The van der Waals surface area contributed by atoms with Crippen LogP contribution in [0, 0.1) is 0 Å². The molecule has 5 rings (SSSR count). The van der Waals surface area contributed by atoms with Crippen molar-refractivity contribution in [2.24, 2.45) is 0 Å². The topological polar surface area (TPSA) is 63.0 Å². The first-order valence-electron chi connectivity index (χ1n) is 9.38. The van der Waals surface area contributed by atoms with Gasteiger partial charge in [-0.05, 0) is 12.8 Å². The van der Waals surface area contributed by atoms with Crippen LogP contribution in [0.25, 0.3) is 16.9 Å². The Morgan fingerprint density at radius 3 is 2.59 bits per heavy atom. The normalized spacial score (nSPS) is 18.3. The van der Waals surface area contributed by atoms with Gasteiger partial charge in [0.05, 0.1) is 18.4 Å². The molecule has 3 aromatic rings. The van der Waals surface area contributed by atoms with Crippen molar-refractivity contribution >= 4 is 17.6 Å². The molecule has 0 saturated carbocycles. The number of nitrogens with zero attached hydrogens (tertiary/aromatic N) is 5. The van der Waals surface area contributed by atoms with Gasteiger partial charge in [0.2, 0.25) is 0 Å². The van der Waals surface area contributed by atoms with Crippen LogP contribution in [0.5, 0.6) is 0 Å². The van der Waals surface area contributed by atoms with E-state index >= 15 is 0 Å². The van der Waals surface area contributed by atoms with Gasteiger partial charge in [-0.15, -0.1) is 0 Å². The molecule has 2 aliphatic rings. The molecule has 0 N–H and O–H groups in total. The summed E-state index contributed by atoms with van der Waals surface area (Å²) in [5.41, 5.74) is 2.89. The minimum absolute atomic E-state index is 0.168. The molecular formula is C20H21N5O2. The summed E-state index contributed by atoms with van der Waals surface area (Å²) >= 11 is 0. The zero-order chi connectivity index (χ0) is 18.2. The van der Waals surface area contributed by atoms with Crippen LogP contribution in [-0.4, -0.2) is 57.9 Å². The van der Waals surface area contributed by atoms with E-state index < -0.39 is 0 Å². The quantitative estimate of drug-likeness (QED) is 0.716. The van der Waals surface area contributed by atoms with Crippen LogP contribution >= 0.6 is 0 Å². The Hall–Kier alpha value is -3.09. The van der Waals surface area contributed by atoms with E-state index in [1.165, 1.54) is 0 Å². The zero-order valence-corrected chi connectivity index (χ0v) is 15.0. The standard InChI is InChI=1S/C20H21N5O2/c26-20-24(12-13-27-20)16-7-10-23(11-8-16)19-14-17(15-4-2-1-3-5-15)22-18-6-9-21-25(18)19/h1-6,9,14,16H,7-8,10-13H2. The smallest absolute Gasteiger partial charge is 0.410 e. The average molecular weight is 363 g/mol. The number of aromatic nitrogens is 3. The van der Waals surface area contributed by atoms with Crippen LogP contribution in [-0.2, 0) is 4.74 Å². The minimum atomic E-state index is -0.168. The van der Waals surface area contributed by atoms with Crippen LogP contribution in [0.1, 0.15) is 12.8 Å². The maximum absolute atomic E-state index is 11.8. The van der Waals surface area contributed by atoms with Crippen molar-refractivity contribution in [2.45, 2.75) is 18.9 Å². The SMILES string of the molecule is O=C1OCCN1C1CCN(c2cc(-c3ccccc3)nc3ccnn23)CC1. The maximum Gasteiger partial charge on any atom is 0.410 e. The van der Waals surface area contributed by atoms with Crippen LogP contribution in [0.15, 0.2) is 48.7 Å². The summed E-state index contributed by atoms with van der Waals surface area (Å²) in [5, 5.41) is 4.47. The molecule has 7 nitrogen and oxygen atoms in total. The number of carbonyl (C=O) groups is 1. The average Bonchev–Trinajstić information content (AvgIpc) is 3.37. The van der Waals surface area contributed by atoms with Crippen molar-refractivity contribution in [3.63, 3.8) is 0 Å². The number of ether oxygens (including phenoxy) is 1. The van der Waals surface area contributed by atoms with Gasteiger partial charge in [-0.2, -0.15) is 9.61 Å². The van der Waals surface area contributed by atoms with E-state index in [1.807, 2.05) is 33.7 Å². The van der Waals surface area contributed by atoms with Crippen LogP contribution < -0.4 is 4.90 Å². The van der Waals surface area contributed by atoms with Crippen molar-refractivity contribution in [1.82, 2.24) is 19.5 Å². The Morgan fingerprint density at radius 1 is 1.04 bits per heavy atom. The maximum atomic E-state index is 11.8. The molecule has 138 valence electrons. The third-order valence-electron chi connectivity index (χ3n) is 5.43. The Morgan fingerprint density at radius 2 is 1.85 bits per heavy atom. The number of piperidine rings is 1. The summed E-state index contributed by atoms with van der Waals surface area (Å²) in [6.45, 7) is 2.97. The van der Waals surface area contributed by atoms with E-state index in [4.69, 9.17) is 9.72 Å². The van der Waals surface area contributed by atoms with Crippen molar-refractivity contribution in [3.8, 4) is 11.3 Å². The number of fused-ring (bicyclic) bond motifs is 1. The molecule has 0 aliphatic carbocycles. The Bertz CT molecular complexity index is 963. The number of carbonyl (C=O) groups excluding carboxylic acids is 1. The van der Waals surface area contributed by atoms with Gasteiger partial charge in [0.15, 0.2) is 5.65 Å². The molecule has 2 saturated heterocycles. The molecule has 2 fully saturated rings. The third kappa shape index (κ3) is 2.89. The van der Waals surface area contributed by atoms with Crippen LogP contribution in [0.4, 0.5) is 10.6 Å². The molecule has 1 amide bonds. The molecule has 27 heavy (non-hydrogen) atoms. The Kier molecular flexibility index (Phi) is 3.92. The number of cyclic esters (lactones) is 1. The lowest BCUT2D eigenvalue weighted by Crippen LogP contribution is -2.45. The van der Waals surface area contributed by atoms with Gasteiger partial charge >= 0.3 is 6.09 Å². The third-order valence-corrected chi connectivity index (χ3v) is 5.43. The molecule has 0 unspecified atom stereocenters. The second kappa shape index (κ2) is 6.57. The van der Waals surface area contributed by atoms with Gasteiger partial charge in [-0.1, -0.05) is 30.3 Å². The molecule has 0 atom stereocenters. The van der Waals surface area contributed by atoms with Gasteiger partial charge < -0.3 is 14.5 Å². The minimum Gasteiger partial charge on any atom is -0.448 e. The molecule has 4 heterocycles. The fraction of sp³-hybridized carbons (Fsp3) is 0.350. The number of hydrogen-bond acceptors (Lipinski definition) is 5. The number of anilines is 1. The van der Waals surface area contributed by atoms with E-state index in [0.29, 0.717) is 13.2 Å². The Balaban J connectivity index is 1.43. The lowest BCUT2D eigenvalue weighted by molar-refractivity contribution is 0.142. The number of hydrogen-bond donors (Lipinski definition) is 0. The summed E-state index contributed by atoms with van der Waals surface area (Å²) in [4.78, 5) is 20.8. The summed E-state index contributed by atoms with van der Waals surface area (Å²) in [5.74, 6) is 1.05. The second-order valence-electron chi connectivity index (χ2n) is 6.99. The largest absolute Gasteiger partial charge is 0.448 e. The summed E-state index contributed by atoms with van der Waals surface area (Å²) in [6.07, 6.45) is 3.48. The lowest BCUT2D eigenvalue weighted by Gasteiger charge is -2.36. The van der Waals surface area contributed by atoms with E-state index in [-0.39, 0.29) is 12.1 Å². The number of benzene rings is 1. The summed E-state index contributed by atoms with van der Waals surface area (Å²) < 4.78 is 6.99. The van der Waals surface area contributed by atoms with Crippen molar-refractivity contribution in [2.75, 3.05) is 31.1 Å². The van der Waals surface area contributed by atoms with E-state index in [2.05, 4.69) is 28.2 Å². The van der Waals surface area contributed by atoms with Crippen LogP contribution in [0.3, 0.4) is 0 Å². The molecule has 7 heteroatoms. The molecule has 0 bridgehead atoms. The van der Waals surface area contributed by atoms with Gasteiger partial charge in [0.25, 0.3) is 0 Å². The van der Waals surface area contributed by atoms with Gasteiger partial charge in [-0.3, -0.25) is 0 Å². The molecule has 2 aromatic heterocycles. The summed E-state index contributed by atoms with van der Waals surface area (Å²) in [7, 11) is 0. The first kappa shape index (κ1) is 16.1. The van der Waals surface area contributed by atoms with E-state index in [9.17, 15) is 4.79 Å². The van der Waals surface area contributed by atoms with E-state index in [0.717, 1.165) is 48.7 Å². The summed E-state index contributed by atoms with van der Waals surface area (Å²) in [6, 6.07) is 14.5. The highest BCUT2D eigenvalue weighted by Gasteiger charge is 2.32. The van der Waals surface area contributed by atoms with Gasteiger partial charge in [0.1, 0.15) is 12.4 Å². The number of rotatable bonds is 3.